The van der Waals surface area contributed by atoms with E-state index in [0.29, 0.717) is 12.4 Å². The Kier molecular flexibility index (Phi) is 5.81. The molecule has 1 heterocycles. The van der Waals surface area contributed by atoms with Crippen molar-refractivity contribution in [3.8, 4) is 17.1 Å². The van der Waals surface area contributed by atoms with Gasteiger partial charge in [0.25, 0.3) is 14.6 Å². The van der Waals surface area contributed by atoms with Gasteiger partial charge in [-0.25, -0.2) is 18.2 Å². The molecule has 0 atom stereocenters. The van der Waals surface area contributed by atoms with E-state index in [9.17, 15) is 18.0 Å². The molecule has 0 bridgehead atoms. The van der Waals surface area contributed by atoms with Crippen LogP contribution in [0.4, 0.5) is 0 Å². The highest BCUT2D eigenvalue weighted by Gasteiger charge is 2.18. The van der Waals surface area contributed by atoms with Crippen molar-refractivity contribution in [2.45, 2.75) is 18.7 Å². The van der Waals surface area contributed by atoms with Crippen LogP contribution >= 0.6 is 10.7 Å². The van der Waals surface area contributed by atoms with Gasteiger partial charge in [-0.15, -0.1) is 0 Å². The summed E-state index contributed by atoms with van der Waals surface area (Å²) < 4.78 is 33.3. The minimum Gasteiger partial charge on any atom is -0.493 e. The number of aromatic amines is 1. The van der Waals surface area contributed by atoms with Crippen molar-refractivity contribution in [2.75, 3.05) is 13.2 Å². The number of carbonyl (C=O) groups is 1. The zero-order chi connectivity index (χ0) is 18.6. The molecule has 0 amide bonds. The van der Waals surface area contributed by atoms with Crippen LogP contribution in [0.3, 0.4) is 0 Å². The molecule has 0 aliphatic rings. The maximum Gasteiger partial charge on any atom is 0.345 e. The summed E-state index contributed by atoms with van der Waals surface area (Å²) in [6.07, 6.45) is 1.06. The van der Waals surface area contributed by atoms with E-state index in [2.05, 4.69) is 9.97 Å². The Bertz CT molecular complexity index is 955. The molecule has 134 valence electrons. The van der Waals surface area contributed by atoms with Crippen LogP contribution in [-0.2, 0) is 13.8 Å². The highest BCUT2D eigenvalue weighted by atomic mass is 35.7. The van der Waals surface area contributed by atoms with Gasteiger partial charge in [0.2, 0.25) is 0 Å². The van der Waals surface area contributed by atoms with Crippen molar-refractivity contribution in [1.82, 2.24) is 9.97 Å². The second kappa shape index (κ2) is 7.66. The zero-order valence-corrected chi connectivity index (χ0v) is 15.0. The Balaban J connectivity index is 2.58. The number of nitrogens with zero attached hydrogens (tertiary/aromatic N) is 1. The summed E-state index contributed by atoms with van der Waals surface area (Å²) in [5.74, 6) is -0.466. The molecule has 0 unspecified atom stereocenters. The Labute approximate surface area is 148 Å². The minimum atomic E-state index is -3.98. The van der Waals surface area contributed by atoms with Crippen LogP contribution in [-0.4, -0.2) is 37.6 Å². The van der Waals surface area contributed by atoms with Crippen molar-refractivity contribution in [2.24, 2.45) is 0 Å². The van der Waals surface area contributed by atoms with Gasteiger partial charge in [-0.1, -0.05) is 0 Å². The summed E-state index contributed by atoms with van der Waals surface area (Å²) in [7, 11) is 1.38. The van der Waals surface area contributed by atoms with Gasteiger partial charge in [0.1, 0.15) is 17.1 Å². The van der Waals surface area contributed by atoms with Crippen LogP contribution in [0.15, 0.2) is 34.1 Å². The van der Waals surface area contributed by atoms with E-state index in [1.807, 2.05) is 0 Å². The van der Waals surface area contributed by atoms with E-state index in [1.54, 1.807) is 13.8 Å². The van der Waals surface area contributed by atoms with Crippen molar-refractivity contribution in [3.05, 3.63) is 40.3 Å². The maximum absolute atomic E-state index is 12.1. The SMILES string of the molecule is CCOC(=O)c1cnc(-c2cc(S(=O)(=O)Cl)ccc2OCC)[nH]c1=O. The van der Waals surface area contributed by atoms with Crippen LogP contribution in [0, 0.1) is 0 Å². The Morgan fingerprint density at radius 2 is 2.00 bits per heavy atom. The highest BCUT2D eigenvalue weighted by Crippen LogP contribution is 2.31. The molecule has 25 heavy (non-hydrogen) atoms. The lowest BCUT2D eigenvalue weighted by atomic mass is 10.2. The molecule has 0 saturated heterocycles. The third-order valence-corrected chi connectivity index (χ3v) is 4.43. The molecule has 0 aliphatic carbocycles. The first-order chi connectivity index (χ1) is 11.8. The van der Waals surface area contributed by atoms with Gasteiger partial charge in [-0.2, -0.15) is 0 Å². The normalized spacial score (nSPS) is 11.2. The molecule has 1 aromatic heterocycles. The number of nitrogens with one attached hydrogen (secondary N) is 1. The number of ether oxygens (including phenoxy) is 2. The molecular weight excluding hydrogens is 372 g/mol. The summed E-state index contributed by atoms with van der Waals surface area (Å²) in [4.78, 5) is 30.0. The lowest BCUT2D eigenvalue weighted by Gasteiger charge is -2.11. The van der Waals surface area contributed by atoms with E-state index in [1.165, 1.54) is 18.2 Å². The number of hydrogen-bond donors (Lipinski definition) is 1. The number of carbonyl (C=O) groups excluding carboxylic acids is 1. The fourth-order valence-corrected chi connectivity index (χ4v) is 2.79. The number of esters is 1. The van der Waals surface area contributed by atoms with Gasteiger partial charge in [-0.3, -0.25) is 4.79 Å². The molecule has 0 radical (unpaired) electrons. The second-order valence-corrected chi connectivity index (χ2v) is 7.29. The lowest BCUT2D eigenvalue weighted by Crippen LogP contribution is -2.21. The number of halogens is 1. The average Bonchev–Trinajstić information content (AvgIpc) is 2.54. The molecule has 0 aliphatic heterocycles. The number of H-pyrrole nitrogens is 1. The van der Waals surface area contributed by atoms with Gasteiger partial charge < -0.3 is 14.5 Å². The molecule has 1 N–H and O–H groups in total. The van der Waals surface area contributed by atoms with E-state index in [0.717, 1.165) is 6.20 Å². The molecule has 2 rings (SSSR count). The zero-order valence-electron chi connectivity index (χ0n) is 13.4. The number of rotatable bonds is 6. The van der Waals surface area contributed by atoms with E-state index < -0.39 is 20.6 Å². The molecule has 2 aromatic rings. The van der Waals surface area contributed by atoms with E-state index in [-0.39, 0.29) is 28.5 Å². The summed E-state index contributed by atoms with van der Waals surface area (Å²) in [6.45, 7) is 3.78. The number of aromatic nitrogens is 2. The fraction of sp³-hybridized carbons (Fsp3) is 0.267. The van der Waals surface area contributed by atoms with Crippen LogP contribution in [0.2, 0.25) is 0 Å². The summed E-state index contributed by atoms with van der Waals surface area (Å²) in [5.41, 5.74) is -0.759. The molecule has 8 nitrogen and oxygen atoms in total. The number of hydrogen-bond acceptors (Lipinski definition) is 7. The summed E-state index contributed by atoms with van der Waals surface area (Å²) in [6, 6.07) is 3.92. The van der Waals surface area contributed by atoms with Crippen LogP contribution in [0.1, 0.15) is 24.2 Å². The average molecular weight is 387 g/mol. The van der Waals surface area contributed by atoms with Gasteiger partial charge >= 0.3 is 5.97 Å². The Morgan fingerprint density at radius 1 is 1.28 bits per heavy atom. The molecular formula is C15H15ClN2O6S. The van der Waals surface area contributed by atoms with Gasteiger partial charge in [-0.05, 0) is 32.0 Å². The lowest BCUT2D eigenvalue weighted by molar-refractivity contribution is 0.0523. The van der Waals surface area contributed by atoms with Crippen molar-refractivity contribution in [3.63, 3.8) is 0 Å². The standard InChI is InChI=1S/C15H15ClN2O6S/c1-3-23-12-6-5-9(25(16,21)22)7-10(12)13-17-8-11(14(19)18-13)15(20)24-4-2/h5-8H,3-4H2,1-2H3,(H,17,18,19). The third-order valence-electron chi connectivity index (χ3n) is 3.08. The molecule has 1 aromatic carbocycles. The largest absolute Gasteiger partial charge is 0.493 e. The topological polar surface area (TPSA) is 115 Å². The van der Waals surface area contributed by atoms with Gasteiger partial charge in [0.05, 0.1) is 23.7 Å². The first kappa shape index (κ1) is 18.9. The van der Waals surface area contributed by atoms with Gasteiger partial charge in [0.15, 0.2) is 0 Å². The second-order valence-electron chi connectivity index (χ2n) is 4.72. The van der Waals surface area contributed by atoms with Crippen LogP contribution in [0.5, 0.6) is 5.75 Å². The van der Waals surface area contributed by atoms with Crippen LogP contribution in [0.25, 0.3) is 11.4 Å². The number of benzene rings is 1. The Hall–Kier alpha value is -2.39. The summed E-state index contributed by atoms with van der Waals surface area (Å²) >= 11 is 0. The fourth-order valence-electron chi connectivity index (χ4n) is 2.01. The highest BCUT2D eigenvalue weighted by molar-refractivity contribution is 8.13. The van der Waals surface area contributed by atoms with Gasteiger partial charge in [0, 0.05) is 16.9 Å². The first-order valence-electron chi connectivity index (χ1n) is 7.26. The monoisotopic (exact) mass is 386 g/mol. The van der Waals surface area contributed by atoms with E-state index in [4.69, 9.17) is 20.2 Å². The Morgan fingerprint density at radius 3 is 2.56 bits per heavy atom. The maximum atomic E-state index is 12.1. The molecule has 0 spiro atoms. The smallest absolute Gasteiger partial charge is 0.345 e. The van der Waals surface area contributed by atoms with Crippen LogP contribution < -0.4 is 10.3 Å². The minimum absolute atomic E-state index is 0.0312. The molecule has 0 saturated carbocycles. The quantitative estimate of drug-likeness (QED) is 0.595. The first-order valence-corrected chi connectivity index (χ1v) is 9.57. The molecule has 10 heteroatoms. The molecule has 0 fully saturated rings. The van der Waals surface area contributed by atoms with Crippen molar-refractivity contribution in [1.29, 1.82) is 0 Å². The predicted octanol–water partition coefficient (Wildman–Crippen LogP) is 1.94. The predicted molar refractivity (Wildman–Crippen MR) is 90.5 cm³/mol. The van der Waals surface area contributed by atoms with Crippen molar-refractivity contribution >= 4 is 25.7 Å². The van der Waals surface area contributed by atoms with Crippen molar-refractivity contribution < 1.29 is 22.7 Å². The van der Waals surface area contributed by atoms with E-state index >= 15 is 0 Å². The third kappa shape index (κ3) is 4.37. The summed E-state index contributed by atoms with van der Waals surface area (Å²) in [5, 5.41) is 0.